The van der Waals surface area contributed by atoms with Crippen molar-refractivity contribution in [1.29, 1.82) is 0 Å². The largest absolute Gasteiger partial charge is 0.437 e. The van der Waals surface area contributed by atoms with E-state index < -0.39 is 5.82 Å². The Morgan fingerprint density at radius 1 is 0.800 bits per heavy atom. The number of rotatable bonds is 3. The second-order valence-corrected chi connectivity index (χ2v) is 5.85. The summed E-state index contributed by atoms with van der Waals surface area (Å²) < 4.78 is 19.1. The van der Waals surface area contributed by atoms with E-state index in [9.17, 15) is 4.39 Å². The fraction of sp³-hybridized carbons (Fsp3) is 0. The number of nitrogens with zero attached hydrogens (tertiary/aromatic N) is 2. The molecule has 25 heavy (non-hydrogen) atoms. The van der Waals surface area contributed by atoms with Crippen LogP contribution in [0.2, 0.25) is 5.02 Å². The molecule has 0 bridgehead atoms. The van der Waals surface area contributed by atoms with Gasteiger partial charge in [0.15, 0.2) is 0 Å². The Labute approximate surface area is 148 Å². The average Bonchev–Trinajstić information content (AvgIpc) is 2.66. The van der Waals surface area contributed by atoms with Crippen LogP contribution in [0.5, 0.6) is 11.6 Å². The van der Waals surface area contributed by atoms with Crippen LogP contribution in [0.25, 0.3) is 22.0 Å². The van der Waals surface area contributed by atoms with Crippen molar-refractivity contribution in [2.24, 2.45) is 0 Å². The fourth-order valence-electron chi connectivity index (χ4n) is 2.62. The van der Waals surface area contributed by atoms with Crippen molar-refractivity contribution in [1.82, 2.24) is 10.2 Å². The molecule has 0 fully saturated rings. The van der Waals surface area contributed by atoms with E-state index in [1.807, 2.05) is 54.6 Å². The molecule has 0 spiro atoms. The number of halogens is 2. The zero-order valence-electron chi connectivity index (χ0n) is 13.0. The number of ether oxygens (including phenoxy) is 1. The van der Waals surface area contributed by atoms with Crippen LogP contribution < -0.4 is 4.74 Å². The van der Waals surface area contributed by atoms with Crippen LogP contribution in [0.15, 0.2) is 72.8 Å². The minimum Gasteiger partial charge on any atom is -0.437 e. The third-order valence-corrected chi connectivity index (χ3v) is 4.10. The van der Waals surface area contributed by atoms with Crippen molar-refractivity contribution >= 4 is 22.4 Å². The monoisotopic (exact) mass is 350 g/mol. The van der Waals surface area contributed by atoms with Gasteiger partial charge in [-0.2, -0.15) is 0 Å². The molecule has 4 aromatic rings. The summed E-state index contributed by atoms with van der Waals surface area (Å²) in [4.78, 5) is 0. The molecule has 1 aromatic heterocycles. The highest BCUT2D eigenvalue weighted by Crippen LogP contribution is 2.33. The summed E-state index contributed by atoms with van der Waals surface area (Å²) in [5, 5.41) is 10.3. The molecule has 0 amide bonds. The zero-order chi connectivity index (χ0) is 17.2. The van der Waals surface area contributed by atoms with Crippen molar-refractivity contribution in [3.8, 4) is 22.9 Å². The topological polar surface area (TPSA) is 35.0 Å². The Hall–Kier alpha value is -2.98. The van der Waals surface area contributed by atoms with Gasteiger partial charge in [-0.3, -0.25) is 0 Å². The van der Waals surface area contributed by atoms with E-state index in [-0.39, 0.29) is 5.02 Å². The maximum absolute atomic E-state index is 13.3. The van der Waals surface area contributed by atoms with E-state index in [0.717, 1.165) is 22.0 Å². The Kier molecular flexibility index (Phi) is 4.04. The summed E-state index contributed by atoms with van der Waals surface area (Å²) >= 11 is 5.81. The third-order valence-electron chi connectivity index (χ3n) is 3.81. The molecule has 0 aliphatic carbocycles. The molecule has 3 aromatic carbocycles. The van der Waals surface area contributed by atoms with Crippen LogP contribution in [-0.4, -0.2) is 10.2 Å². The first-order valence-corrected chi connectivity index (χ1v) is 8.04. The first-order chi connectivity index (χ1) is 12.2. The van der Waals surface area contributed by atoms with Gasteiger partial charge in [0.1, 0.15) is 17.3 Å². The minimum atomic E-state index is -0.496. The Balaban J connectivity index is 1.82. The summed E-state index contributed by atoms with van der Waals surface area (Å²) in [6, 6.07) is 21.7. The molecule has 1 heterocycles. The Morgan fingerprint density at radius 2 is 1.52 bits per heavy atom. The van der Waals surface area contributed by atoms with Crippen molar-refractivity contribution in [3.63, 3.8) is 0 Å². The standard InChI is InChI=1S/C20H12ClFN2O/c21-17-12-14(10-11-18(17)22)25-20-16-9-5-4-8-15(16)19(23-24-20)13-6-2-1-3-7-13/h1-12H. The molecule has 0 aliphatic heterocycles. The normalized spacial score (nSPS) is 10.8. The molecular weight excluding hydrogens is 339 g/mol. The summed E-state index contributed by atoms with van der Waals surface area (Å²) in [7, 11) is 0. The quantitative estimate of drug-likeness (QED) is 0.462. The molecule has 0 N–H and O–H groups in total. The molecular formula is C20H12ClFN2O. The van der Waals surface area contributed by atoms with Gasteiger partial charge in [-0.1, -0.05) is 60.1 Å². The molecule has 0 saturated carbocycles. The first-order valence-electron chi connectivity index (χ1n) is 7.66. The van der Waals surface area contributed by atoms with Gasteiger partial charge < -0.3 is 4.74 Å². The fourth-order valence-corrected chi connectivity index (χ4v) is 2.79. The predicted octanol–water partition coefficient (Wildman–Crippen LogP) is 5.88. The second-order valence-electron chi connectivity index (χ2n) is 5.44. The maximum Gasteiger partial charge on any atom is 0.246 e. The number of hydrogen-bond acceptors (Lipinski definition) is 3. The van der Waals surface area contributed by atoms with Gasteiger partial charge in [0.25, 0.3) is 0 Å². The van der Waals surface area contributed by atoms with Crippen LogP contribution in [0, 0.1) is 5.82 Å². The molecule has 0 saturated heterocycles. The van der Waals surface area contributed by atoms with Crippen LogP contribution in [0.3, 0.4) is 0 Å². The van der Waals surface area contributed by atoms with Crippen LogP contribution in [0.1, 0.15) is 0 Å². The molecule has 5 heteroatoms. The molecule has 0 unspecified atom stereocenters. The highest BCUT2D eigenvalue weighted by atomic mass is 35.5. The lowest BCUT2D eigenvalue weighted by molar-refractivity contribution is 0.460. The van der Waals surface area contributed by atoms with Crippen LogP contribution in [-0.2, 0) is 0 Å². The van der Waals surface area contributed by atoms with E-state index in [4.69, 9.17) is 16.3 Å². The highest BCUT2D eigenvalue weighted by molar-refractivity contribution is 6.30. The van der Waals surface area contributed by atoms with Gasteiger partial charge in [0.2, 0.25) is 5.88 Å². The first kappa shape index (κ1) is 15.5. The SMILES string of the molecule is Fc1ccc(Oc2nnc(-c3ccccc3)c3ccccc23)cc1Cl. The van der Waals surface area contributed by atoms with Gasteiger partial charge >= 0.3 is 0 Å². The number of hydrogen-bond donors (Lipinski definition) is 0. The van der Waals surface area contributed by atoms with Crippen molar-refractivity contribution < 1.29 is 9.13 Å². The van der Waals surface area contributed by atoms with Crippen molar-refractivity contribution in [3.05, 3.63) is 83.6 Å². The molecule has 122 valence electrons. The van der Waals surface area contributed by atoms with Gasteiger partial charge in [0, 0.05) is 22.4 Å². The van der Waals surface area contributed by atoms with Crippen LogP contribution in [0.4, 0.5) is 4.39 Å². The lowest BCUT2D eigenvalue weighted by Crippen LogP contribution is -1.96. The third kappa shape index (κ3) is 3.04. The molecule has 3 nitrogen and oxygen atoms in total. The van der Waals surface area contributed by atoms with E-state index in [1.54, 1.807) is 0 Å². The highest BCUT2D eigenvalue weighted by Gasteiger charge is 2.13. The summed E-state index contributed by atoms with van der Waals surface area (Å²) in [5.74, 6) is 0.251. The molecule has 0 radical (unpaired) electrons. The lowest BCUT2D eigenvalue weighted by Gasteiger charge is -2.10. The van der Waals surface area contributed by atoms with E-state index in [0.29, 0.717) is 11.6 Å². The molecule has 0 aliphatic rings. The predicted molar refractivity (Wildman–Crippen MR) is 96.5 cm³/mol. The lowest BCUT2D eigenvalue weighted by atomic mass is 10.1. The van der Waals surface area contributed by atoms with E-state index >= 15 is 0 Å². The van der Waals surface area contributed by atoms with E-state index in [1.165, 1.54) is 18.2 Å². The number of benzene rings is 3. The second kappa shape index (κ2) is 6.49. The summed E-state index contributed by atoms with van der Waals surface area (Å²) in [6.07, 6.45) is 0. The number of aromatic nitrogens is 2. The van der Waals surface area contributed by atoms with Gasteiger partial charge in [-0.05, 0) is 18.2 Å². The zero-order valence-corrected chi connectivity index (χ0v) is 13.7. The smallest absolute Gasteiger partial charge is 0.246 e. The minimum absolute atomic E-state index is 0.00401. The number of fused-ring (bicyclic) bond motifs is 1. The summed E-state index contributed by atoms with van der Waals surface area (Å²) in [6.45, 7) is 0. The van der Waals surface area contributed by atoms with Gasteiger partial charge in [0.05, 0.1) is 5.02 Å². The van der Waals surface area contributed by atoms with Crippen LogP contribution >= 0.6 is 11.6 Å². The Morgan fingerprint density at radius 3 is 2.28 bits per heavy atom. The summed E-state index contributed by atoms with van der Waals surface area (Å²) in [5.41, 5.74) is 1.75. The molecule has 4 rings (SSSR count). The van der Waals surface area contributed by atoms with Crippen molar-refractivity contribution in [2.75, 3.05) is 0 Å². The van der Waals surface area contributed by atoms with Crippen molar-refractivity contribution in [2.45, 2.75) is 0 Å². The van der Waals surface area contributed by atoms with Gasteiger partial charge in [-0.15, -0.1) is 10.2 Å². The van der Waals surface area contributed by atoms with E-state index in [2.05, 4.69) is 10.2 Å². The average molecular weight is 351 g/mol. The maximum atomic E-state index is 13.3. The van der Waals surface area contributed by atoms with Gasteiger partial charge in [-0.25, -0.2) is 4.39 Å². The molecule has 0 atom stereocenters. The Bertz CT molecular complexity index is 1050.